The van der Waals surface area contributed by atoms with Crippen LogP contribution in [-0.4, -0.2) is 150 Å². The minimum absolute atomic E-state index is 0.000741. The Labute approximate surface area is 704 Å². The van der Waals surface area contributed by atoms with Gasteiger partial charge in [-0.15, -0.1) is 0 Å². The van der Waals surface area contributed by atoms with Crippen LogP contribution in [0.4, 0.5) is 26.3 Å². The van der Waals surface area contributed by atoms with E-state index in [1.807, 2.05) is 85.8 Å². The standard InChI is InChI=1S/C17H15NOS.C14H14O2S.C13H12O2S.C11H11F3OS.C9H7ClF3NOS.2C9H12N2O3S/c19-14(11-20)9-12-5-1-3-7-15(12)17-10-13-6-2-4-8-16(13)18-17;1-9-4-12(15)7-11-5-10(2-3-14(9)11)6-13(16)8-17;14-10(8-16)7-9-3-1-5-12-11(9)4-2-6-13(12)15;1-7-8(5-9(15)6-16)3-2-4-10(7)11(12,13)14;10-7-1-5(9(11,12)13)3-14-8(7)2-6(15)4-16;1-13-8-4-9(14-2)11-7(10-8)3-6(12)5-15;1-13-8-4-6(3-7(12)5-15)10-9(11-8)14-2/h1-8,10,18,20H,9,11H2;2-5,17H,6-8H2,1H3;1-6,15-16H,7-8H2;2-4,16H,5-6H2,1H3;1,3,16H,2,4H2;2*4,15H,3,5H2,1-2H3. The van der Waals surface area contributed by atoms with Crippen LogP contribution in [0.1, 0.15) is 74.2 Å². The number of hydrogen-bond donors (Lipinski definition) is 9. The van der Waals surface area contributed by atoms with E-state index in [1.165, 1.54) is 52.9 Å². The lowest BCUT2D eigenvalue weighted by atomic mass is 9.89. The van der Waals surface area contributed by atoms with E-state index in [0.29, 0.717) is 66.6 Å². The molecule has 1 aliphatic rings. The third-order valence-electron chi connectivity index (χ3n) is 16.3. The number of carbonyl (C=O) groups excluding carboxylic acids is 8. The molecule has 0 atom stereocenters. The van der Waals surface area contributed by atoms with Crippen LogP contribution in [0.2, 0.25) is 5.02 Å². The van der Waals surface area contributed by atoms with Crippen molar-refractivity contribution < 1.29 is 88.8 Å². The number of aromatic hydroxyl groups is 1. The van der Waals surface area contributed by atoms with Crippen molar-refractivity contribution in [1.29, 1.82) is 0 Å². The van der Waals surface area contributed by atoms with Gasteiger partial charge in [-0.3, -0.25) is 43.3 Å². The minimum atomic E-state index is -4.48. The van der Waals surface area contributed by atoms with Crippen LogP contribution in [0, 0.1) is 6.92 Å². The molecule has 0 bridgehead atoms. The van der Waals surface area contributed by atoms with Gasteiger partial charge in [0.15, 0.2) is 5.78 Å². The van der Waals surface area contributed by atoms with Crippen LogP contribution < -0.4 is 18.9 Å². The number of benzene rings is 6. The Morgan fingerprint density at radius 1 is 0.496 bits per heavy atom. The van der Waals surface area contributed by atoms with Gasteiger partial charge in [0.1, 0.15) is 52.1 Å². The number of thiol groups is 7. The molecule has 0 unspecified atom stereocenters. The molecule has 0 radical (unpaired) electrons. The van der Waals surface area contributed by atoms with Crippen molar-refractivity contribution in [3.8, 4) is 40.7 Å². The molecule has 11 rings (SSSR count). The summed E-state index contributed by atoms with van der Waals surface area (Å²) in [5, 5.41) is 12.4. The second-order valence-electron chi connectivity index (χ2n) is 24.8. The van der Waals surface area contributed by atoms with Crippen LogP contribution in [0.3, 0.4) is 0 Å². The number of hydrogen-bond acceptors (Lipinski definition) is 25. The molecule has 1 aliphatic carbocycles. The fraction of sp³-hybridized carbons (Fsp3) is 0.280. The summed E-state index contributed by atoms with van der Waals surface area (Å²) in [7, 11) is 5.93. The molecule has 610 valence electrons. The number of pyridine rings is 1. The molecule has 33 heteroatoms. The normalized spacial score (nSPS) is 11.2. The number of rotatable bonds is 26. The van der Waals surface area contributed by atoms with Crippen molar-refractivity contribution in [1.82, 2.24) is 29.9 Å². The van der Waals surface area contributed by atoms with Crippen LogP contribution in [0.5, 0.6) is 29.4 Å². The van der Waals surface area contributed by atoms with Crippen LogP contribution in [0.25, 0.3) is 38.5 Å². The van der Waals surface area contributed by atoms with E-state index in [4.69, 9.17) is 30.5 Å². The highest BCUT2D eigenvalue weighted by molar-refractivity contribution is 7.82. The number of methoxy groups -OCH3 is 4. The number of fused-ring (bicyclic) bond motifs is 3. The molecule has 0 spiro atoms. The van der Waals surface area contributed by atoms with Gasteiger partial charge in [-0.05, 0) is 100 Å². The summed E-state index contributed by atoms with van der Waals surface area (Å²) in [5.41, 5.74) is 8.94. The molecule has 10 aromatic rings. The third-order valence-corrected chi connectivity index (χ3v) is 19.1. The van der Waals surface area contributed by atoms with Gasteiger partial charge in [0.25, 0.3) is 0 Å². The number of H-pyrrole nitrogens is 1. The van der Waals surface area contributed by atoms with Gasteiger partial charge in [0.05, 0.1) is 74.9 Å². The van der Waals surface area contributed by atoms with E-state index in [9.17, 15) is 69.8 Å². The van der Waals surface area contributed by atoms with E-state index in [-0.39, 0.29) is 140 Å². The Kier molecular flexibility index (Phi) is 40.6. The van der Waals surface area contributed by atoms with Crippen LogP contribution in [0.15, 0.2) is 158 Å². The molecule has 115 heavy (non-hydrogen) atoms. The summed E-state index contributed by atoms with van der Waals surface area (Å²) < 4.78 is 94.1. The highest BCUT2D eigenvalue weighted by atomic mass is 35.5. The van der Waals surface area contributed by atoms with Crippen molar-refractivity contribution >= 4 is 174 Å². The Morgan fingerprint density at radius 2 is 1.01 bits per heavy atom. The highest BCUT2D eigenvalue weighted by Gasteiger charge is 2.34. The Morgan fingerprint density at radius 3 is 1.59 bits per heavy atom. The van der Waals surface area contributed by atoms with Crippen molar-refractivity contribution in [3.05, 3.63) is 230 Å². The number of para-hydroxylation sites is 1. The molecule has 0 amide bonds. The number of alkyl halides is 6. The fourth-order valence-electron chi connectivity index (χ4n) is 10.7. The zero-order valence-electron chi connectivity index (χ0n) is 63.0. The first-order valence-electron chi connectivity index (χ1n) is 34.5. The van der Waals surface area contributed by atoms with E-state index in [1.54, 1.807) is 30.3 Å². The molecule has 0 aliphatic heterocycles. The number of Topliss-reactive ketones (excluding diaryl/α,β-unsaturated/α-hetero) is 7. The molecular formula is C82H83ClF6N6O13S7. The molecule has 19 nitrogen and oxygen atoms in total. The Balaban J connectivity index is 0.000000240. The number of nitrogens with one attached hydrogen (secondary N) is 1. The smallest absolute Gasteiger partial charge is 0.417 e. The molecule has 0 saturated heterocycles. The zero-order chi connectivity index (χ0) is 85.1. The number of ketones is 8. The number of nitrogens with zero attached hydrogens (tertiary/aromatic N) is 5. The summed E-state index contributed by atoms with van der Waals surface area (Å²) in [4.78, 5) is 113. The SMILES string of the molecule is CC1=CC(=O)Cc2cc(CC(=O)CS)ccc21.COc1cc(CC(=O)CS)nc(OC)n1.COc1cc(OC)nc(CC(=O)CS)n1.Cc1c(CC(=O)CS)cccc1C(F)(F)F.O=C(CS)Cc1cccc2c(O)cccc12.O=C(CS)Cc1ccccc1-c1cc2ccccc2[nH]1.O=C(CS)Cc1ncc(C(F)(F)F)cc1Cl. The molecule has 4 aromatic heterocycles. The summed E-state index contributed by atoms with van der Waals surface area (Å²) >= 11 is 32.9. The number of halogens is 7. The van der Waals surface area contributed by atoms with E-state index < -0.39 is 23.5 Å². The first-order chi connectivity index (χ1) is 54.7. The largest absolute Gasteiger partial charge is 0.507 e. The number of ether oxygens (including phenoxy) is 4. The average molecular weight is 1730 g/mol. The Bertz CT molecular complexity index is 4930. The molecule has 0 saturated carbocycles. The maximum absolute atomic E-state index is 12.5. The second-order valence-corrected chi connectivity index (χ2v) is 27.4. The van der Waals surface area contributed by atoms with E-state index in [0.717, 1.165) is 73.1 Å². The summed E-state index contributed by atoms with van der Waals surface area (Å²) in [5.74, 6) is 2.89. The lowest BCUT2D eigenvalue weighted by Gasteiger charge is -2.15. The lowest BCUT2D eigenvalue weighted by molar-refractivity contribution is -0.138. The molecule has 6 aromatic carbocycles. The van der Waals surface area contributed by atoms with Gasteiger partial charge in [-0.2, -0.15) is 135 Å². The molecule has 4 heterocycles. The van der Waals surface area contributed by atoms with Gasteiger partial charge >= 0.3 is 18.4 Å². The number of allylic oxidation sites excluding steroid dienone is 2. The zero-order valence-corrected chi connectivity index (χ0v) is 70.0. The predicted octanol–water partition coefficient (Wildman–Crippen LogP) is 15.6. The highest BCUT2D eigenvalue weighted by Crippen LogP contribution is 2.35. The van der Waals surface area contributed by atoms with Crippen molar-refractivity contribution in [2.45, 2.75) is 77.6 Å². The number of aromatic amines is 1. The third kappa shape index (κ3) is 31.8. The number of phenolic OH excluding ortho intramolecular Hbond substituents is 1. The van der Waals surface area contributed by atoms with Crippen LogP contribution in [-0.2, 0) is 102 Å². The molecule has 2 N–H and O–H groups in total. The van der Waals surface area contributed by atoms with Gasteiger partial charge < -0.3 is 29.0 Å². The summed E-state index contributed by atoms with van der Waals surface area (Å²) in [6.07, 6.45) is -4.65. The quantitative estimate of drug-likeness (QED) is 0.0180. The Hall–Kier alpha value is -9.15. The minimum Gasteiger partial charge on any atom is -0.507 e. The summed E-state index contributed by atoms with van der Waals surface area (Å²) in [6.45, 7) is 3.32. The van der Waals surface area contributed by atoms with Crippen molar-refractivity contribution in [2.24, 2.45) is 0 Å². The van der Waals surface area contributed by atoms with Gasteiger partial charge in [0.2, 0.25) is 17.6 Å². The number of phenols is 1. The second kappa shape index (κ2) is 48.4. The topological polar surface area (TPSA) is 274 Å². The maximum atomic E-state index is 12.5. The van der Waals surface area contributed by atoms with Crippen LogP contribution >= 0.6 is 100 Å². The van der Waals surface area contributed by atoms with E-state index in [2.05, 4.69) is 137 Å². The average Bonchev–Trinajstić information content (AvgIpc) is 1.11. The van der Waals surface area contributed by atoms with Gasteiger partial charge in [0, 0.05) is 119 Å². The van der Waals surface area contributed by atoms with Crippen molar-refractivity contribution in [3.63, 3.8) is 0 Å². The van der Waals surface area contributed by atoms with Crippen molar-refractivity contribution in [2.75, 3.05) is 68.7 Å². The first kappa shape index (κ1) is 96.4. The maximum Gasteiger partial charge on any atom is 0.417 e. The molecular weight excluding hydrogens is 1650 g/mol. The summed E-state index contributed by atoms with van der Waals surface area (Å²) in [6, 6.07) is 43.1. The lowest BCUT2D eigenvalue weighted by Crippen LogP contribution is -2.11. The van der Waals surface area contributed by atoms with E-state index >= 15 is 0 Å². The fourth-order valence-corrected chi connectivity index (χ4v) is 11.8. The molecule has 0 fully saturated rings. The number of aromatic nitrogens is 6. The van der Waals surface area contributed by atoms with Gasteiger partial charge in [-0.25, -0.2) is 0 Å². The number of carbonyl (C=O) groups is 8. The van der Waals surface area contributed by atoms with Gasteiger partial charge in [-0.1, -0.05) is 115 Å². The monoisotopic (exact) mass is 1730 g/mol. The predicted molar refractivity (Wildman–Crippen MR) is 457 cm³/mol. The first-order valence-corrected chi connectivity index (χ1v) is 39.4.